The Morgan fingerprint density at radius 1 is 1.47 bits per heavy atom. The van der Waals surface area contributed by atoms with Gasteiger partial charge >= 0.3 is 0 Å². The zero-order chi connectivity index (χ0) is 10.7. The molecule has 1 aliphatic rings. The van der Waals surface area contributed by atoms with Crippen LogP contribution >= 0.6 is 11.6 Å². The summed E-state index contributed by atoms with van der Waals surface area (Å²) in [5.41, 5.74) is 0. The average Bonchev–Trinajstić information content (AvgIpc) is 3.01. The summed E-state index contributed by atoms with van der Waals surface area (Å²) in [6, 6.07) is 5.42. The van der Waals surface area contributed by atoms with Crippen molar-refractivity contribution >= 4 is 11.6 Å². The van der Waals surface area contributed by atoms with Crippen LogP contribution in [0.3, 0.4) is 0 Å². The number of halogens is 1. The molecule has 1 aliphatic heterocycles. The van der Waals surface area contributed by atoms with Crippen molar-refractivity contribution in [3.05, 3.63) is 23.2 Å². The molecule has 0 amide bonds. The first-order chi connectivity index (χ1) is 7.29. The van der Waals surface area contributed by atoms with Gasteiger partial charge in [-0.3, -0.25) is 0 Å². The molecule has 0 aromatic heterocycles. The molecule has 1 fully saturated rings. The summed E-state index contributed by atoms with van der Waals surface area (Å²) < 4.78 is 15.8. The predicted molar refractivity (Wildman–Crippen MR) is 57.9 cm³/mol. The molecule has 1 atom stereocenters. The van der Waals surface area contributed by atoms with E-state index < -0.39 is 0 Å². The summed E-state index contributed by atoms with van der Waals surface area (Å²) >= 11 is 6.02. The third kappa shape index (κ3) is 3.01. The van der Waals surface area contributed by atoms with E-state index in [9.17, 15) is 0 Å². The van der Waals surface area contributed by atoms with E-state index in [0.717, 1.165) is 12.4 Å². The summed E-state index contributed by atoms with van der Waals surface area (Å²) in [7, 11) is 0. The van der Waals surface area contributed by atoms with E-state index in [1.54, 1.807) is 6.07 Å². The van der Waals surface area contributed by atoms with Crippen LogP contribution in [0.25, 0.3) is 0 Å². The summed E-state index contributed by atoms with van der Waals surface area (Å²) in [5, 5.41) is 0.571. The Balaban J connectivity index is 1.97. The lowest BCUT2D eigenvalue weighted by atomic mass is 10.3. The summed E-state index contributed by atoms with van der Waals surface area (Å²) in [6.45, 7) is 3.91. The summed E-state index contributed by atoms with van der Waals surface area (Å²) in [4.78, 5) is 0. The second-order valence-corrected chi connectivity index (χ2v) is 3.70. The van der Waals surface area contributed by atoms with Crippen LogP contribution in [0.5, 0.6) is 11.5 Å². The molecule has 1 unspecified atom stereocenters. The molecule has 0 saturated carbocycles. The van der Waals surface area contributed by atoms with Crippen molar-refractivity contribution in [1.29, 1.82) is 0 Å². The third-order valence-electron chi connectivity index (χ3n) is 2.04. The lowest BCUT2D eigenvalue weighted by molar-refractivity contribution is 0.262. The minimum atomic E-state index is 0.243. The Labute approximate surface area is 93.9 Å². The van der Waals surface area contributed by atoms with Gasteiger partial charge in [0.25, 0.3) is 0 Å². The first-order valence-electron chi connectivity index (χ1n) is 4.96. The highest BCUT2D eigenvalue weighted by molar-refractivity contribution is 6.32. The summed E-state index contributed by atoms with van der Waals surface area (Å²) in [6.07, 6.45) is 0.243. The maximum Gasteiger partial charge on any atom is 0.138 e. The van der Waals surface area contributed by atoms with E-state index in [0.29, 0.717) is 24.0 Å². The van der Waals surface area contributed by atoms with Crippen LogP contribution in [-0.2, 0) is 4.74 Å². The molecule has 82 valence electrons. The fourth-order valence-corrected chi connectivity index (χ4v) is 1.43. The molecular weight excluding hydrogens is 216 g/mol. The normalized spacial score (nSPS) is 18.7. The maximum absolute atomic E-state index is 6.02. The fourth-order valence-electron chi connectivity index (χ4n) is 1.20. The lowest BCUT2D eigenvalue weighted by Gasteiger charge is -2.08. The first-order valence-corrected chi connectivity index (χ1v) is 5.34. The minimum Gasteiger partial charge on any atom is -0.494 e. The second-order valence-electron chi connectivity index (χ2n) is 3.29. The van der Waals surface area contributed by atoms with E-state index in [2.05, 4.69) is 0 Å². The van der Waals surface area contributed by atoms with Gasteiger partial charge in [0.1, 0.15) is 24.2 Å². The number of hydrogen-bond acceptors (Lipinski definition) is 3. The number of ether oxygens (including phenoxy) is 3. The standard InChI is InChI=1S/C11H13ClO3/c1-2-13-8-3-4-11(10(12)5-8)15-7-9-6-14-9/h3-5,9H,2,6-7H2,1H3. The molecule has 0 radical (unpaired) electrons. The predicted octanol–water partition coefficient (Wildman–Crippen LogP) is 2.52. The minimum absolute atomic E-state index is 0.243. The van der Waals surface area contributed by atoms with Gasteiger partial charge in [-0.05, 0) is 19.1 Å². The van der Waals surface area contributed by atoms with Crippen molar-refractivity contribution in [3.63, 3.8) is 0 Å². The van der Waals surface area contributed by atoms with E-state index in [4.69, 9.17) is 25.8 Å². The van der Waals surface area contributed by atoms with Crippen molar-refractivity contribution in [2.75, 3.05) is 19.8 Å². The quantitative estimate of drug-likeness (QED) is 0.726. The van der Waals surface area contributed by atoms with Gasteiger partial charge in [-0.2, -0.15) is 0 Å². The van der Waals surface area contributed by atoms with Gasteiger partial charge in [0.2, 0.25) is 0 Å². The highest BCUT2D eigenvalue weighted by Crippen LogP contribution is 2.29. The van der Waals surface area contributed by atoms with Crippen molar-refractivity contribution in [1.82, 2.24) is 0 Å². The molecule has 1 aromatic carbocycles. The number of rotatable bonds is 5. The van der Waals surface area contributed by atoms with Crippen LogP contribution in [0.2, 0.25) is 5.02 Å². The molecule has 15 heavy (non-hydrogen) atoms. The molecule has 0 aliphatic carbocycles. The largest absolute Gasteiger partial charge is 0.494 e. The van der Waals surface area contributed by atoms with Gasteiger partial charge in [-0.25, -0.2) is 0 Å². The zero-order valence-corrected chi connectivity index (χ0v) is 9.29. The van der Waals surface area contributed by atoms with Crippen LogP contribution in [0.4, 0.5) is 0 Å². The fraction of sp³-hybridized carbons (Fsp3) is 0.455. The van der Waals surface area contributed by atoms with Crippen LogP contribution in [0, 0.1) is 0 Å². The molecule has 0 bridgehead atoms. The van der Waals surface area contributed by atoms with Crippen LogP contribution in [-0.4, -0.2) is 25.9 Å². The summed E-state index contributed by atoms with van der Waals surface area (Å²) in [5.74, 6) is 1.44. The molecular formula is C11H13ClO3. The van der Waals surface area contributed by atoms with E-state index in [1.165, 1.54) is 0 Å². The Kier molecular flexibility index (Phi) is 3.34. The monoisotopic (exact) mass is 228 g/mol. The molecule has 1 heterocycles. The van der Waals surface area contributed by atoms with Gasteiger partial charge in [0, 0.05) is 6.07 Å². The number of hydrogen-bond donors (Lipinski definition) is 0. The van der Waals surface area contributed by atoms with E-state index in [1.807, 2.05) is 19.1 Å². The number of benzene rings is 1. The van der Waals surface area contributed by atoms with Gasteiger partial charge in [-0.15, -0.1) is 0 Å². The van der Waals surface area contributed by atoms with Gasteiger partial charge in [-0.1, -0.05) is 11.6 Å². The molecule has 4 heteroatoms. The topological polar surface area (TPSA) is 31.0 Å². The molecule has 0 spiro atoms. The maximum atomic E-state index is 6.02. The smallest absolute Gasteiger partial charge is 0.138 e. The van der Waals surface area contributed by atoms with E-state index >= 15 is 0 Å². The lowest BCUT2D eigenvalue weighted by Crippen LogP contribution is -2.04. The zero-order valence-electron chi connectivity index (χ0n) is 8.53. The van der Waals surface area contributed by atoms with Crippen molar-refractivity contribution in [2.45, 2.75) is 13.0 Å². The molecule has 1 saturated heterocycles. The van der Waals surface area contributed by atoms with Crippen molar-refractivity contribution in [3.8, 4) is 11.5 Å². The van der Waals surface area contributed by atoms with Gasteiger partial charge in [0.15, 0.2) is 0 Å². The van der Waals surface area contributed by atoms with Crippen LogP contribution in [0.15, 0.2) is 18.2 Å². The van der Waals surface area contributed by atoms with Crippen molar-refractivity contribution in [2.24, 2.45) is 0 Å². The molecule has 3 nitrogen and oxygen atoms in total. The Morgan fingerprint density at radius 3 is 2.87 bits per heavy atom. The molecule has 1 aromatic rings. The molecule has 2 rings (SSSR count). The Bertz CT molecular complexity index is 337. The average molecular weight is 229 g/mol. The SMILES string of the molecule is CCOc1ccc(OCC2CO2)c(Cl)c1. The Hall–Kier alpha value is -0.930. The highest BCUT2D eigenvalue weighted by Gasteiger charge is 2.23. The van der Waals surface area contributed by atoms with Crippen LogP contribution < -0.4 is 9.47 Å². The second kappa shape index (κ2) is 4.73. The Morgan fingerprint density at radius 2 is 2.27 bits per heavy atom. The van der Waals surface area contributed by atoms with E-state index in [-0.39, 0.29) is 6.10 Å². The first kappa shape index (κ1) is 10.6. The van der Waals surface area contributed by atoms with Crippen molar-refractivity contribution < 1.29 is 14.2 Å². The highest BCUT2D eigenvalue weighted by atomic mass is 35.5. The molecule has 0 N–H and O–H groups in total. The third-order valence-corrected chi connectivity index (χ3v) is 2.34. The number of epoxide rings is 1. The van der Waals surface area contributed by atoms with Crippen LogP contribution in [0.1, 0.15) is 6.92 Å². The van der Waals surface area contributed by atoms with Gasteiger partial charge in [0.05, 0.1) is 18.2 Å². The van der Waals surface area contributed by atoms with Gasteiger partial charge < -0.3 is 14.2 Å².